The van der Waals surface area contributed by atoms with E-state index < -0.39 is 33.9 Å². The first-order valence-corrected chi connectivity index (χ1v) is 9.46. The average Bonchev–Trinajstić information content (AvgIpc) is 2.65. The van der Waals surface area contributed by atoms with Gasteiger partial charge in [0.05, 0.1) is 24.0 Å². The third-order valence-corrected chi connectivity index (χ3v) is 5.32. The summed E-state index contributed by atoms with van der Waals surface area (Å²) >= 11 is 0. The minimum atomic E-state index is -4.19. The van der Waals surface area contributed by atoms with E-state index in [4.69, 9.17) is 10.5 Å². The molecule has 9 heteroatoms. The van der Waals surface area contributed by atoms with E-state index in [1.165, 1.54) is 31.4 Å². The number of nitrogens with one attached hydrogen (secondary N) is 1. The van der Waals surface area contributed by atoms with Gasteiger partial charge in [-0.3, -0.25) is 9.59 Å². The standard InChI is InChI=1S/C18H20N2O6S/c1-26-13-7-9-14(10-8-13)27(24,25)20-17(21)16(19)15(18(22)23)11-12-5-3-2-4-6-12/h2-10,15-16H,11,19H2,1H3,(H,20,21)(H,22,23)/t15?,16-/m0/s1. The third-order valence-electron chi connectivity index (χ3n) is 3.96. The van der Waals surface area contributed by atoms with Gasteiger partial charge in [0.15, 0.2) is 0 Å². The number of aliphatic carboxylic acids is 1. The molecule has 0 aliphatic rings. The number of carboxylic acids is 1. The Labute approximate surface area is 157 Å². The molecule has 0 aromatic heterocycles. The average molecular weight is 392 g/mol. The molecular weight excluding hydrogens is 372 g/mol. The summed E-state index contributed by atoms with van der Waals surface area (Å²) in [4.78, 5) is 23.7. The normalized spacial score (nSPS) is 13.4. The summed E-state index contributed by atoms with van der Waals surface area (Å²) in [6.07, 6.45) is -0.00660. The van der Waals surface area contributed by atoms with E-state index in [0.29, 0.717) is 11.3 Å². The summed E-state index contributed by atoms with van der Waals surface area (Å²) in [5.74, 6) is -3.21. The Balaban J connectivity index is 2.14. The fourth-order valence-electron chi connectivity index (χ4n) is 2.43. The number of carbonyl (C=O) groups is 2. The maximum absolute atomic E-state index is 12.3. The van der Waals surface area contributed by atoms with Gasteiger partial charge < -0.3 is 15.6 Å². The van der Waals surface area contributed by atoms with Gasteiger partial charge in [-0.2, -0.15) is 0 Å². The lowest BCUT2D eigenvalue weighted by atomic mass is 9.92. The Bertz CT molecular complexity index is 897. The van der Waals surface area contributed by atoms with Gasteiger partial charge >= 0.3 is 5.97 Å². The van der Waals surface area contributed by atoms with Gasteiger partial charge in [-0.25, -0.2) is 13.1 Å². The van der Waals surface area contributed by atoms with Gasteiger partial charge in [0, 0.05) is 0 Å². The molecular formula is C18H20N2O6S. The minimum absolute atomic E-state index is 0.00660. The number of nitrogens with two attached hydrogens (primary N) is 1. The van der Waals surface area contributed by atoms with Crippen molar-refractivity contribution in [1.29, 1.82) is 0 Å². The van der Waals surface area contributed by atoms with Crippen molar-refractivity contribution in [3.05, 3.63) is 60.2 Å². The highest BCUT2D eigenvalue weighted by atomic mass is 32.2. The van der Waals surface area contributed by atoms with Crippen LogP contribution in [-0.4, -0.2) is 38.6 Å². The number of benzene rings is 2. The van der Waals surface area contributed by atoms with E-state index in [-0.39, 0.29) is 11.3 Å². The quantitative estimate of drug-likeness (QED) is 0.604. The van der Waals surface area contributed by atoms with E-state index in [1.54, 1.807) is 30.3 Å². The molecule has 1 amide bonds. The van der Waals surface area contributed by atoms with Gasteiger partial charge in [-0.15, -0.1) is 0 Å². The summed E-state index contributed by atoms with van der Waals surface area (Å²) < 4.78 is 31.4. The number of rotatable bonds is 8. The molecule has 8 nitrogen and oxygen atoms in total. The zero-order valence-electron chi connectivity index (χ0n) is 14.5. The van der Waals surface area contributed by atoms with E-state index >= 15 is 0 Å². The number of hydrogen-bond donors (Lipinski definition) is 3. The highest BCUT2D eigenvalue weighted by Crippen LogP contribution is 2.17. The van der Waals surface area contributed by atoms with Crippen LogP contribution in [0.2, 0.25) is 0 Å². The zero-order chi connectivity index (χ0) is 20.0. The van der Waals surface area contributed by atoms with Gasteiger partial charge in [0.25, 0.3) is 15.9 Å². The summed E-state index contributed by atoms with van der Waals surface area (Å²) in [6, 6.07) is 12.5. The lowest BCUT2D eigenvalue weighted by molar-refractivity contribution is -0.144. The lowest BCUT2D eigenvalue weighted by Crippen LogP contribution is -2.50. The topological polar surface area (TPSA) is 136 Å². The van der Waals surface area contributed by atoms with Crippen molar-refractivity contribution in [3.63, 3.8) is 0 Å². The van der Waals surface area contributed by atoms with Crippen molar-refractivity contribution in [1.82, 2.24) is 4.72 Å². The summed E-state index contributed by atoms with van der Waals surface area (Å²) in [5, 5.41) is 9.40. The molecule has 2 aromatic carbocycles. The number of hydrogen-bond acceptors (Lipinski definition) is 6. The van der Waals surface area contributed by atoms with Gasteiger partial charge in [0.2, 0.25) is 0 Å². The number of ether oxygens (including phenoxy) is 1. The Morgan fingerprint density at radius 3 is 2.22 bits per heavy atom. The van der Waals surface area contributed by atoms with Crippen molar-refractivity contribution in [2.75, 3.05) is 7.11 Å². The molecule has 0 saturated carbocycles. The lowest BCUT2D eigenvalue weighted by Gasteiger charge is -2.19. The molecule has 0 heterocycles. The third kappa shape index (κ3) is 5.28. The molecule has 0 radical (unpaired) electrons. The number of methoxy groups -OCH3 is 1. The molecule has 27 heavy (non-hydrogen) atoms. The maximum atomic E-state index is 12.3. The molecule has 0 aliphatic heterocycles. The molecule has 1 unspecified atom stereocenters. The van der Waals surface area contributed by atoms with Gasteiger partial charge in [-0.05, 0) is 36.2 Å². The molecule has 0 fully saturated rings. The molecule has 0 saturated heterocycles. The first kappa shape index (κ1) is 20.4. The van der Waals surface area contributed by atoms with Crippen LogP contribution in [0.3, 0.4) is 0 Å². The van der Waals surface area contributed by atoms with Gasteiger partial charge in [-0.1, -0.05) is 30.3 Å². The van der Waals surface area contributed by atoms with Crippen LogP contribution in [0, 0.1) is 5.92 Å². The molecule has 0 aliphatic carbocycles. The highest BCUT2D eigenvalue weighted by molar-refractivity contribution is 7.90. The maximum Gasteiger partial charge on any atom is 0.308 e. The van der Waals surface area contributed by atoms with Crippen LogP contribution >= 0.6 is 0 Å². The van der Waals surface area contributed by atoms with Crippen LogP contribution in [0.25, 0.3) is 0 Å². The van der Waals surface area contributed by atoms with E-state index in [1.807, 2.05) is 4.72 Å². The van der Waals surface area contributed by atoms with Crippen LogP contribution in [0.15, 0.2) is 59.5 Å². The minimum Gasteiger partial charge on any atom is -0.497 e. The van der Waals surface area contributed by atoms with Crippen molar-refractivity contribution in [2.45, 2.75) is 17.4 Å². The summed E-state index contributed by atoms with van der Waals surface area (Å²) in [5.41, 5.74) is 6.44. The van der Waals surface area contributed by atoms with Crippen LogP contribution in [0.5, 0.6) is 5.75 Å². The number of carbonyl (C=O) groups excluding carboxylic acids is 1. The Morgan fingerprint density at radius 2 is 1.70 bits per heavy atom. The smallest absolute Gasteiger partial charge is 0.308 e. The largest absolute Gasteiger partial charge is 0.497 e. The van der Waals surface area contributed by atoms with Crippen molar-refractivity contribution >= 4 is 21.9 Å². The van der Waals surface area contributed by atoms with E-state index in [9.17, 15) is 23.1 Å². The first-order chi connectivity index (χ1) is 12.7. The molecule has 2 rings (SSSR count). The van der Waals surface area contributed by atoms with Gasteiger partial charge in [0.1, 0.15) is 5.75 Å². The second kappa shape index (κ2) is 8.65. The van der Waals surface area contributed by atoms with Crippen LogP contribution in [0.1, 0.15) is 5.56 Å². The Kier molecular flexibility index (Phi) is 6.54. The highest BCUT2D eigenvalue weighted by Gasteiger charge is 2.33. The van der Waals surface area contributed by atoms with Crippen molar-refractivity contribution < 1.29 is 27.9 Å². The SMILES string of the molecule is COc1ccc(S(=O)(=O)NC(=O)[C@@H](N)C(Cc2ccccc2)C(=O)O)cc1. The second-order valence-electron chi connectivity index (χ2n) is 5.81. The predicted octanol–water partition coefficient (Wildman–Crippen LogP) is 0.771. The molecule has 2 atom stereocenters. The molecule has 2 aromatic rings. The summed E-state index contributed by atoms with van der Waals surface area (Å²) in [7, 11) is -2.76. The number of amides is 1. The molecule has 0 spiro atoms. The molecule has 4 N–H and O–H groups in total. The van der Waals surface area contributed by atoms with Crippen LogP contribution in [0.4, 0.5) is 0 Å². The van der Waals surface area contributed by atoms with Crippen LogP contribution < -0.4 is 15.2 Å². The second-order valence-corrected chi connectivity index (χ2v) is 7.49. The predicted molar refractivity (Wildman–Crippen MR) is 97.6 cm³/mol. The summed E-state index contributed by atoms with van der Waals surface area (Å²) in [6.45, 7) is 0. The van der Waals surface area contributed by atoms with E-state index in [0.717, 1.165) is 0 Å². The zero-order valence-corrected chi connectivity index (χ0v) is 15.3. The fraction of sp³-hybridized carbons (Fsp3) is 0.222. The first-order valence-electron chi connectivity index (χ1n) is 7.97. The number of carboxylic acid groups (broad SMARTS) is 1. The molecule has 0 bridgehead atoms. The Morgan fingerprint density at radius 1 is 1.11 bits per heavy atom. The van der Waals surface area contributed by atoms with Crippen molar-refractivity contribution in [3.8, 4) is 5.75 Å². The number of sulfonamides is 1. The van der Waals surface area contributed by atoms with Crippen LogP contribution in [-0.2, 0) is 26.0 Å². The molecule has 144 valence electrons. The van der Waals surface area contributed by atoms with E-state index in [2.05, 4.69) is 0 Å². The fourth-order valence-corrected chi connectivity index (χ4v) is 3.45. The monoisotopic (exact) mass is 392 g/mol. The van der Waals surface area contributed by atoms with Crippen molar-refractivity contribution in [2.24, 2.45) is 11.7 Å². The Hall–Kier alpha value is -2.91.